The van der Waals surface area contributed by atoms with Crippen molar-refractivity contribution in [3.8, 4) is 0 Å². The van der Waals surface area contributed by atoms with Crippen molar-refractivity contribution in [2.24, 2.45) is 0 Å². The van der Waals surface area contributed by atoms with E-state index in [1.807, 2.05) is 27.7 Å². The van der Waals surface area contributed by atoms with Gasteiger partial charge in [-0.15, -0.1) is 0 Å². The molecule has 1 unspecified atom stereocenters. The van der Waals surface area contributed by atoms with Gasteiger partial charge in [-0.3, -0.25) is 9.59 Å². The van der Waals surface area contributed by atoms with E-state index in [1.54, 1.807) is 0 Å². The Kier molecular flexibility index (Phi) is 5.69. The smallest absolute Gasteiger partial charge is 0.294 e. The number of aromatic nitrogens is 2. The fourth-order valence-corrected chi connectivity index (χ4v) is 4.53. The standard InChI is InChI=1S/C23H30N4O2/c1-3-4-8-13-24-22(28)20-19-12-7-9-14-26(19)21(25-20)23(29)27-16(2)15-17-10-5-6-11-18(17)27/h5-6,10-11,16H,3-4,7-9,12-15H2,1-2H3,(H,24,28). The van der Waals surface area contributed by atoms with Gasteiger partial charge in [0.2, 0.25) is 5.82 Å². The Bertz CT molecular complexity index is 918. The first-order valence-electron chi connectivity index (χ1n) is 10.9. The average Bonchev–Trinajstić information content (AvgIpc) is 3.28. The van der Waals surface area contributed by atoms with E-state index in [2.05, 4.69) is 30.2 Å². The highest BCUT2D eigenvalue weighted by Gasteiger charge is 2.36. The normalized spacial score (nSPS) is 17.7. The number of unbranched alkanes of at least 4 members (excludes halogenated alkanes) is 2. The molecule has 1 atom stereocenters. The molecule has 0 aliphatic carbocycles. The largest absolute Gasteiger partial charge is 0.351 e. The lowest BCUT2D eigenvalue weighted by Crippen LogP contribution is -2.37. The summed E-state index contributed by atoms with van der Waals surface area (Å²) in [5.74, 6) is 0.151. The van der Waals surface area contributed by atoms with Crippen LogP contribution in [0.25, 0.3) is 0 Å². The number of benzene rings is 1. The third-order valence-corrected chi connectivity index (χ3v) is 6.02. The number of anilines is 1. The summed E-state index contributed by atoms with van der Waals surface area (Å²) in [6.07, 6.45) is 6.85. The summed E-state index contributed by atoms with van der Waals surface area (Å²) in [5, 5.41) is 2.99. The van der Waals surface area contributed by atoms with E-state index in [-0.39, 0.29) is 17.9 Å². The maximum Gasteiger partial charge on any atom is 0.294 e. The minimum Gasteiger partial charge on any atom is -0.351 e. The highest BCUT2D eigenvalue weighted by Crippen LogP contribution is 2.33. The van der Waals surface area contributed by atoms with E-state index in [0.717, 1.165) is 62.9 Å². The van der Waals surface area contributed by atoms with Gasteiger partial charge in [0.25, 0.3) is 11.8 Å². The molecule has 0 bridgehead atoms. The van der Waals surface area contributed by atoms with Crippen LogP contribution >= 0.6 is 0 Å². The lowest BCUT2D eigenvalue weighted by atomic mass is 10.1. The molecule has 0 radical (unpaired) electrons. The van der Waals surface area contributed by atoms with Gasteiger partial charge in [0.1, 0.15) is 5.69 Å². The topological polar surface area (TPSA) is 67.2 Å². The van der Waals surface area contributed by atoms with Crippen molar-refractivity contribution in [2.45, 2.75) is 71.4 Å². The van der Waals surface area contributed by atoms with Gasteiger partial charge in [0.05, 0.1) is 5.69 Å². The van der Waals surface area contributed by atoms with Crippen LogP contribution in [0, 0.1) is 0 Å². The van der Waals surface area contributed by atoms with Crippen molar-refractivity contribution in [2.75, 3.05) is 11.4 Å². The second-order valence-electron chi connectivity index (χ2n) is 8.16. The van der Waals surface area contributed by atoms with E-state index in [1.165, 1.54) is 5.56 Å². The Balaban J connectivity index is 1.63. The molecule has 6 nitrogen and oxygen atoms in total. The van der Waals surface area contributed by atoms with E-state index in [9.17, 15) is 9.59 Å². The molecule has 2 amide bonds. The molecule has 0 saturated carbocycles. The van der Waals surface area contributed by atoms with Gasteiger partial charge in [-0.05, 0) is 50.7 Å². The first kappa shape index (κ1) is 19.7. The number of fused-ring (bicyclic) bond motifs is 2. The van der Waals surface area contributed by atoms with E-state index in [4.69, 9.17) is 0 Å². The molecule has 29 heavy (non-hydrogen) atoms. The average molecular weight is 395 g/mol. The number of imidazole rings is 1. The zero-order valence-corrected chi connectivity index (χ0v) is 17.4. The number of nitrogens with one attached hydrogen (secondary N) is 1. The highest BCUT2D eigenvalue weighted by molar-refractivity contribution is 6.07. The van der Waals surface area contributed by atoms with Gasteiger partial charge in [-0.25, -0.2) is 4.98 Å². The zero-order valence-electron chi connectivity index (χ0n) is 17.4. The lowest BCUT2D eigenvalue weighted by molar-refractivity contribution is 0.0947. The van der Waals surface area contributed by atoms with Gasteiger partial charge in [0.15, 0.2) is 0 Å². The molecular weight excluding hydrogens is 364 g/mol. The minimum atomic E-state index is -0.152. The van der Waals surface area contributed by atoms with Gasteiger partial charge < -0.3 is 14.8 Å². The lowest BCUT2D eigenvalue weighted by Gasteiger charge is -2.24. The predicted octanol–water partition coefficient (Wildman–Crippen LogP) is 3.73. The Morgan fingerprint density at radius 1 is 1.21 bits per heavy atom. The molecule has 3 heterocycles. The Morgan fingerprint density at radius 2 is 2.03 bits per heavy atom. The number of amides is 2. The van der Waals surface area contributed by atoms with Gasteiger partial charge in [-0.1, -0.05) is 38.0 Å². The van der Waals surface area contributed by atoms with Crippen molar-refractivity contribution in [1.82, 2.24) is 14.9 Å². The predicted molar refractivity (Wildman–Crippen MR) is 113 cm³/mol. The van der Waals surface area contributed by atoms with E-state index < -0.39 is 0 Å². The van der Waals surface area contributed by atoms with Crippen LogP contribution in [-0.4, -0.2) is 34.0 Å². The van der Waals surface area contributed by atoms with Crippen LogP contribution in [0.2, 0.25) is 0 Å². The summed E-state index contributed by atoms with van der Waals surface area (Å²) in [4.78, 5) is 32.8. The second-order valence-corrected chi connectivity index (χ2v) is 8.16. The molecule has 2 aromatic rings. The number of hydrogen-bond donors (Lipinski definition) is 1. The van der Waals surface area contributed by atoms with Crippen molar-refractivity contribution in [1.29, 1.82) is 0 Å². The van der Waals surface area contributed by atoms with Crippen molar-refractivity contribution in [3.05, 3.63) is 47.0 Å². The summed E-state index contributed by atoms with van der Waals surface area (Å²) in [7, 11) is 0. The fraction of sp³-hybridized carbons (Fsp3) is 0.522. The maximum absolute atomic E-state index is 13.5. The van der Waals surface area contributed by atoms with Crippen LogP contribution in [0.1, 0.15) is 78.3 Å². The molecule has 6 heteroatoms. The number of nitrogens with zero attached hydrogens (tertiary/aromatic N) is 3. The Hall–Kier alpha value is -2.63. The van der Waals surface area contributed by atoms with Gasteiger partial charge in [0, 0.05) is 24.8 Å². The summed E-state index contributed by atoms with van der Waals surface area (Å²) in [5.41, 5.74) is 3.49. The SMILES string of the molecule is CCCCCNC(=O)c1nc(C(=O)N2c3ccccc3CC2C)n2c1CCCC2. The van der Waals surface area contributed by atoms with Crippen LogP contribution in [0.15, 0.2) is 24.3 Å². The minimum absolute atomic E-state index is 0.0859. The molecule has 2 aliphatic rings. The van der Waals surface area contributed by atoms with Crippen molar-refractivity contribution in [3.63, 3.8) is 0 Å². The van der Waals surface area contributed by atoms with Crippen LogP contribution in [-0.2, 0) is 19.4 Å². The quantitative estimate of drug-likeness (QED) is 0.759. The number of rotatable bonds is 6. The number of hydrogen-bond acceptors (Lipinski definition) is 3. The van der Waals surface area contributed by atoms with E-state index in [0.29, 0.717) is 18.1 Å². The number of carbonyl (C=O) groups is 2. The number of para-hydroxylation sites is 1. The van der Waals surface area contributed by atoms with Gasteiger partial charge in [-0.2, -0.15) is 0 Å². The summed E-state index contributed by atoms with van der Waals surface area (Å²) in [6.45, 7) is 5.61. The maximum atomic E-state index is 13.5. The van der Waals surface area contributed by atoms with Crippen LogP contribution in [0.3, 0.4) is 0 Å². The van der Waals surface area contributed by atoms with Crippen molar-refractivity contribution >= 4 is 17.5 Å². The fourth-order valence-electron chi connectivity index (χ4n) is 4.53. The van der Waals surface area contributed by atoms with Crippen LogP contribution in [0.4, 0.5) is 5.69 Å². The number of carbonyl (C=O) groups excluding carboxylic acids is 2. The van der Waals surface area contributed by atoms with E-state index >= 15 is 0 Å². The van der Waals surface area contributed by atoms with Crippen LogP contribution in [0.5, 0.6) is 0 Å². The molecule has 1 aromatic carbocycles. The molecule has 2 aliphatic heterocycles. The third-order valence-electron chi connectivity index (χ3n) is 6.02. The van der Waals surface area contributed by atoms with Crippen LogP contribution < -0.4 is 10.2 Å². The van der Waals surface area contributed by atoms with Crippen molar-refractivity contribution < 1.29 is 9.59 Å². The summed E-state index contributed by atoms with van der Waals surface area (Å²) in [6, 6.07) is 8.14. The molecule has 4 rings (SSSR count). The monoisotopic (exact) mass is 394 g/mol. The molecule has 0 saturated heterocycles. The first-order chi connectivity index (χ1) is 14.1. The Labute approximate surface area is 172 Å². The first-order valence-corrected chi connectivity index (χ1v) is 10.9. The second kappa shape index (κ2) is 8.39. The molecule has 1 N–H and O–H groups in total. The highest BCUT2D eigenvalue weighted by atomic mass is 16.2. The Morgan fingerprint density at radius 3 is 2.86 bits per heavy atom. The van der Waals surface area contributed by atoms with Gasteiger partial charge >= 0.3 is 0 Å². The molecule has 154 valence electrons. The molecular formula is C23H30N4O2. The third kappa shape index (κ3) is 3.68. The molecule has 1 aromatic heterocycles. The summed E-state index contributed by atoms with van der Waals surface area (Å²) >= 11 is 0. The zero-order chi connectivity index (χ0) is 20.4. The molecule has 0 spiro atoms. The molecule has 0 fully saturated rings. The summed E-state index contributed by atoms with van der Waals surface area (Å²) < 4.78 is 1.99.